The summed E-state index contributed by atoms with van der Waals surface area (Å²) < 4.78 is 5.86. The Kier molecular flexibility index (Phi) is 8.75. The molecule has 1 heterocycles. The van der Waals surface area contributed by atoms with Crippen molar-refractivity contribution in [3.8, 4) is 0 Å². The molecule has 1 aromatic rings. The summed E-state index contributed by atoms with van der Waals surface area (Å²) in [7, 11) is 6.00. The molecule has 4 nitrogen and oxygen atoms in total. The molecule has 0 aromatic carbocycles. The van der Waals surface area contributed by atoms with Crippen molar-refractivity contribution in [1.29, 1.82) is 0 Å². The van der Waals surface area contributed by atoms with Crippen molar-refractivity contribution in [3.63, 3.8) is 0 Å². The summed E-state index contributed by atoms with van der Waals surface area (Å²) in [5.74, 6) is 1.97. The molecule has 0 aliphatic heterocycles. The van der Waals surface area contributed by atoms with Gasteiger partial charge in [-0.2, -0.15) is 0 Å². The molecule has 2 unspecified atom stereocenters. The maximum absolute atomic E-state index is 11.2. The Labute approximate surface area is 147 Å². The van der Waals surface area contributed by atoms with E-state index in [0.717, 1.165) is 42.9 Å². The number of carbonyl (C=O) groups excluding carboxylic acids is 1. The minimum absolute atomic E-state index is 0.296. The monoisotopic (exact) mass is 354 g/mol. The quantitative estimate of drug-likeness (QED) is 0.282. The summed E-state index contributed by atoms with van der Waals surface area (Å²) in [6.45, 7) is 6.46. The van der Waals surface area contributed by atoms with Crippen LogP contribution in [0.4, 0.5) is 0 Å². The molecular formula is C19H33NO3P+. The topological polar surface area (TPSA) is 46.5 Å². The van der Waals surface area contributed by atoms with Gasteiger partial charge in [-0.25, -0.2) is 4.79 Å². The summed E-state index contributed by atoms with van der Waals surface area (Å²) in [4.78, 5) is 11.2. The van der Waals surface area contributed by atoms with E-state index in [0.29, 0.717) is 12.2 Å². The molecule has 1 aromatic heterocycles. The van der Waals surface area contributed by atoms with E-state index in [2.05, 4.69) is 45.7 Å². The van der Waals surface area contributed by atoms with Gasteiger partial charge in [-0.1, -0.05) is 31.6 Å². The second-order valence-electron chi connectivity index (χ2n) is 7.45. The van der Waals surface area contributed by atoms with Crippen LogP contribution in [0.5, 0.6) is 0 Å². The predicted octanol–water partition coefficient (Wildman–Crippen LogP) is 4.09. The van der Waals surface area contributed by atoms with Crippen LogP contribution in [0.3, 0.4) is 0 Å². The van der Waals surface area contributed by atoms with Gasteiger partial charge in [0.05, 0.1) is 27.7 Å². The fraction of sp³-hybridized carbons (Fsp3) is 0.632. The van der Waals surface area contributed by atoms with Crippen LogP contribution in [0.15, 0.2) is 30.1 Å². The minimum atomic E-state index is -0.340. The first-order valence-corrected chi connectivity index (χ1v) is 10.3. The molecular weight excluding hydrogens is 321 g/mol. The third kappa shape index (κ3) is 8.14. The van der Waals surface area contributed by atoms with Gasteiger partial charge in [0.1, 0.15) is 12.6 Å². The zero-order chi connectivity index (χ0) is 18.2. The Bertz CT molecular complexity index is 531. The SMILES string of the molecule is C=C(C)C(=O)OCCCCCCp1cccc1C(O)C[N+](C)(C)C. The average Bonchev–Trinajstić information content (AvgIpc) is 2.92. The van der Waals surface area contributed by atoms with E-state index >= 15 is 0 Å². The average molecular weight is 354 g/mol. The second-order valence-corrected chi connectivity index (χ2v) is 9.65. The Morgan fingerprint density at radius 3 is 2.58 bits per heavy atom. The van der Waals surface area contributed by atoms with Gasteiger partial charge in [0.2, 0.25) is 0 Å². The van der Waals surface area contributed by atoms with E-state index in [9.17, 15) is 9.90 Å². The Morgan fingerprint density at radius 2 is 1.96 bits per heavy atom. The van der Waals surface area contributed by atoms with E-state index in [1.165, 1.54) is 5.30 Å². The van der Waals surface area contributed by atoms with Crippen LogP contribution < -0.4 is 0 Å². The molecule has 0 amide bonds. The van der Waals surface area contributed by atoms with Crippen molar-refractivity contribution >= 4 is 13.5 Å². The fourth-order valence-corrected chi connectivity index (χ4v) is 4.75. The van der Waals surface area contributed by atoms with Gasteiger partial charge in [-0.3, -0.25) is 0 Å². The molecule has 0 bridgehead atoms. The van der Waals surface area contributed by atoms with Gasteiger partial charge in [0.25, 0.3) is 0 Å². The molecule has 1 N–H and O–H groups in total. The lowest BCUT2D eigenvalue weighted by Crippen LogP contribution is -2.38. The standard InChI is InChI=1S/C19H33NO3P/c1-16(2)19(22)23-12-8-6-7-9-13-24-14-10-11-18(24)17(21)15-20(3,4)5/h10-11,14,17,21H,1,6-9,12-13,15H2,2-5H3/q+1. The van der Waals surface area contributed by atoms with Crippen LogP contribution in [0.25, 0.3) is 0 Å². The lowest BCUT2D eigenvalue weighted by molar-refractivity contribution is -0.874. The number of ether oxygens (including phenoxy) is 1. The van der Waals surface area contributed by atoms with Crippen LogP contribution in [-0.4, -0.2) is 49.9 Å². The number of aliphatic hydroxyl groups excluding tert-OH is 1. The summed E-state index contributed by atoms with van der Waals surface area (Å²) in [5, 5.41) is 11.7. The lowest BCUT2D eigenvalue weighted by atomic mass is 10.2. The number of likely N-dealkylation sites (N-methyl/N-ethyl adjacent to an activating group) is 1. The molecule has 24 heavy (non-hydrogen) atoms. The molecule has 0 aliphatic carbocycles. The molecule has 0 saturated carbocycles. The van der Waals surface area contributed by atoms with Gasteiger partial charge in [-0.15, -0.1) is 7.53 Å². The van der Waals surface area contributed by atoms with E-state index in [1.54, 1.807) is 6.92 Å². The molecule has 0 radical (unpaired) electrons. The molecule has 2 atom stereocenters. The number of carbonyl (C=O) groups is 1. The van der Waals surface area contributed by atoms with Gasteiger partial charge < -0.3 is 14.3 Å². The maximum atomic E-state index is 11.2. The third-order valence-electron chi connectivity index (χ3n) is 3.80. The van der Waals surface area contributed by atoms with Gasteiger partial charge in [0, 0.05) is 10.9 Å². The van der Waals surface area contributed by atoms with Crippen molar-refractivity contribution in [2.75, 3.05) is 34.3 Å². The van der Waals surface area contributed by atoms with Crippen molar-refractivity contribution in [3.05, 3.63) is 35.4 Å². The van der Waals surface area contributed by atoms with Crippen LogP contribution in [-0.2, 0) is 15.7 Å². The van der Waals surface area contributed by atoms with Crippen molar-refractivity contribution < 1.29 is 19.1 Å². The molecule has 5 heteroatoms. The van der Waals surface area contributed by atoms with E-state index in [1.807, 2.05) is 0 Å². The summed E-state index contributed by atoms with van der Waals surface area (Å²) in [6.07, 6.45) is 5.05. The summed E-state index contributed by atoms with van der Waals surface area (Å²) >= 11 is 0. The zero-order valence-corrected chi connectivity index (χ0v) is 16.5. The molecule has 0 aliphatic rings. The number of hydrogen-bond donors (Lipinski definition) is 1. The molecule has 0 spiro atoms. The highest BCUT2D eigenvalue weighted by Crippen LogP contribution is 2.40. The number of aliphatic hydroxyl groups is 1. The molecule has 0 saturated heterocycles. The molecule has 0 fully saturated rings. The van der Waals surface area contributed by atoms with E-state index < -0.39 is 0 Å². The number of unbranched alkanes of at least 4 members (excludes halogenated alkanes) is 3. The number of hydrogen-bond acceptors (Lipinski definition) is 3. The molecule has 1 rings (SSSR count). The first kappa shape index (κ1) is 21.0. The fourth-order valence-electron chi connectivity index (χ4n) is 2.57. The minimum Gasteiger partial charge on any atom is -0.462 e. The van der Waals surface area contributed by atoms with Crippen molar-refractivity contribution in [2.45, 2.75) is 44.9 Å². The highest BCUT2D eigenvalue weighted by Gasteiger charge is 2.19. The number of esters is 1. The summed E-state index contributed by atoms with van der Waals surface area (Å²) in [5.41, 5.74) is 0.456. The van der Waals surface area contributed by atoms with Crippen LogP contribution in [0.2, 0.25) is 0 Å². The Morgan fingerprint density at radius 1 is 1.29 bits per heavy atom. The second kappa shape index (κ2) is 10.0. The predicted molar refractivity (Wildman–Crippen MR) is 101 cm³/mol. The first-order valence-electron chi connectivity index (χ1n) is 8.67. The Balaban J connectivity index is 2.26. The maximum Gasteiger partial charge on any atom is 0.333 e. The zero-order valence-electron chi connectivity index (χ0n) is 15.6. The number of rotatable bonds is 11. The first-order chi connectivity index (χ1) is 11.2. The highest BCUT2D eigenvalue weighted by molar-refractivity contribution is 7.49. The third-order valence-corrected chi connectivity index (χ3v) is 6.24. The van der Waals surface area contributed by atoms with Crippen LogP contribution in [0.1, 0.15) is 44.0 Å². The number of quaternary nitrogens is 1. The van der Waals surface area contributed by atoms with E-state index in [4.69, 9.17) is 4.74 Å². The van der Waals surface area contributed by atoms with Crippen LogP contribution in [0, 0.1) is 0 Å². The number of nitrogens with zero attached hydrogens (tertiary/aromatic N) is 1. The van der Waals surface area contributed by atoms with Gasteiger partial charge >= 0.3 is 5.97 Å². The smallest absolute Gasteiger partial charge is 0.333 e. The largest absolute Gasteiger partial charge is 0.462 e. The summed E-state index contributed by atoms with van der Waals surface area (Å²) in [6, 6.07) is 4.19. The number of aryl methyl sites for hydroxylation is 1. The highest BCUT2D eigenvalue weighted by atomic mass is 31.1. The molecule has 136 valence electrons. The van der Waals surface area contributed by atoms with Crippen molar-refractivity contribution in [1.82, 2.24) is 0 Å². The van der Waals surface area contributed by atoms with Crippen molar-refractivity contribution in [2.24, 2.45) is 0 Å². The lowest BCUT2D eigenvalue weighted by Gasteiger charge is -2.27. The normalized spacial score (nSPS) is 13.6. The van der Waals surface area contributed by atoms with Crippen LogP contribution >= 0.6 is 7.53 Å². The van der Waals surface area contributed by atoms with Gasteiger partial charge in [0.15, 0.2) is 0 Å². The Hall–Kier alpha value is -1.09. The van der Waals surface area contributed by atoms with Gasteiger partial charge in [-0.05, 0) is 31.7 Å². The van der Waals surface area contributed by atoms with E-state index in [-0.39, 0.29) is 19.6 Å².